The van der Waals surface area contributed by atoms with Gasteiger partial charge in [0.15, 0.2) is 0 Å². The van der Waals surface area contributed by atoms with Gasteiger partial charge in [0.25, 0.3) is 0 Å². The Balaban J connectivity index is 2.40. The molecule has 1 atom stereocenters. The molecule has 1 unspecified atom stereocenters. The van der Waals surface area contributed by atoms with Crippen LogP contribution in [0.2, 0.25) is 0 Å². The van der Waals surface area contributed by atoms with Gasteiger partial charge in [-0.1, -0.05) is 18.2 Å². The second-order valence-corrected chi connectivity index (χ2v) is 4.55. The van der Waals surface area contributed by atoms with E-state index < -0.39 is 6.04 Å². The maximum Gasteiger partial charge on any atom is 0.126 e. The van der Waals surface area contributed by atoms with Crippen LogP contribution in [-0.4, -0.2) is 0 Å². The van der Waals surface area contributed by atoms with Crippen molar-refractivity contribution in [3.63, 3.8) is 0 Å². The molecular weight excluding hydrogens is 232 g/mol. The molecule has 0 fully saturated rings. The van der Waals surface area contributed by atoms with Crippen LogP contribution in [0.15, 0.2) is 36.4 Å². The number of nitrogens with two attached hydrogens (primary N) is 1. The molecule has 94 valence electrons. The molecule has 2 rings (SSSR count). The molecule has 2 N–H and O–H groups in total. The highest BCUT2D eigenvalue weighted by atomic mass is 19.1. The number of hydrogen-bond acceptors (Lipinski definition) is 1. The summed E-state index contributed by atoms with van der Waals surface area (Å²) in [6.07, 6.45) is 0. The van der Waals surface area contributed by atoms with Crippen molar-refractivity contribution >= 4 is 0 Å². The third kappa shape index (κ3) is 2.57. The van der Waals surface area contributed by atoms with E-state index >= 15 is 0 Å². The summed E-state index contributed by atoms with van der Waals surface area (Å²) in [5, 5.41) is 0. The maximum absolute atomic E-state index is 13.5. The largest absolute Gasteiger partial charge is 0.320 e. The van der Waals surface area contributed by atoms with Gasteiger partial charge in [-0.05, 0) is 54.3 Å². The smallest absolute Gasteiger partial charge is 0.126 e. The average molecular weight is 247 g/mol. The minimum Gasteiger partial charge on any atom is -0.320 e. The zero-order valence-electron chi connectivity index (χ0n) is 10.4. The average Bonchev–Trinajstić information content (AvgIpc) is 2.30. The molecule has 0 spiro atoms. The molecular formula is C15H15F2N. The van der Waals surface area contributed by atoms with Crippen molar-refractivity contribution in [2.75, 3.05) is 0 Å². The molecule has 0 aromatic heterocycles. The summed E-state index contributed by atoms with van der Waals surface area (Å²) in [6.45, 7) is 3.49. The zero-order valence-corrected chi connectivity index (χ0v) is 10.4. The molecule has 0 aliphatic rings. The molecule has 0 radical (unpaired) electrons. The van der Waals surface area contributed by atoms with Gasteiger partial charge in [0, 0.05) is 0 Å². The van der Waals surface area contributed by atoms with E-state index in [2.05, 4.69) is 0 Å². The second kappa shape index (κ2) is 4.86. The van der Waals surface area contributed by atoms with Crippen LogP contribution in [0.1, 0.15) is 28.3 Å². The lowest BCUT2D eigenvalue weighted by Gasteiger charge is -2.14. The molecule has 2 aromatic carbocycles. The van der Waals surface area contributed by atoms with Crippen molar-refractivity contribution < 1.29 is 8.78 Å². The Bertz CT molecular complexity index is 558. The molecule has 18 heavy (non-hydrogen) atoms. The van der Waals surface area contributed by atoms with Gasteiger partial charge in [-0.15, -0.1) is 0 Å². The molecule has 0 saturated heterocycles. The summed E-state index contributed by atoms with van der Waals surface area (Å²) in [7, 11) is 0. The molecule has 2 aromatic rings. The highest BCUT2D eigenvalue weighted by molar-refractivity contribution is 5.35. The summed E-state index contributed by atoms with van der Waals surface area (Å²) in [4.78, 5) is 0. The van der Waals surface area contributed by atoms with Crippen LogP contribution in [-0.2, 0) is 0 Å². The van der Waals surface area contributed by atoms with E-state index in [-0.39, 0.29) is 11.6 Å². The molecule has 0 bridgehead atoms. The minimum atomic E-state index is -0.519. The predicted molar refractivity (Wildman–Crippen MR) is 68.3 cm³/mol. The lowest BCUT2D eigenvalue weighted by molar-refractivity contribution is 0.612. The number of hydrogen-bond donors (Lipinski definition) is 1. The standard InChI is InChI=1S/C15H15F2N/c1-9-5-12(7-13(16)6-9)15(18)11-4-3-10(2)14(17)8-11/h3-8,15H,18H2,1-2H3. The molecule has 0 saturated carbocycles. The third-order valence-electron chi connectivity index (χ3n) is 2.98. The first-order chi connectivity index (χ1) is 8.47. The Kier molecular flexibility index (Phi) is 3.43. The van der Waals surface area contributed by atoms with Crippen molar-refractivity contribution in [1.29, 1.82) is 0 Å². The van der Waals surface area contributed by atoms with Crippen LogP contribution < -0.4 is 5.73 Å². The fraction of sp³-hybridized carbons (Fsp3) is 0.200. The van der Waals surface area contributed by atoms with E-state index in [1.807, 2.05) is 6.07 Å². The molecule has 0 aliphatic heterocycles. The summed E-state index contributed by atoms with van der Waals surface area (Å²) in [5.74, 6) is -0.621. The summed E-state index contributed by atoms with van der Waals surface area (Å²) in [6, 6.07) is 8.96. The molecule has 0 aliphatic carbocycles. The molecule has 0 heterocycles. The van der Waals surface area contributed by atoms with Crippen molar-refractivity contribution in [1.82, 2.24) is 0 Å². The van der Waals surface area contributed by atoms with Crippen molar-refractivity contribution in [2.24, 2.45) is 5.73 Å². The number of halogens is 2. The van der Waals surface area contributed by atoms with Gasteiger partial charge < -0.3 is 5.73 Å². The van der Waals surface area contributed by atoms with E-state index in [9.17, 15) is 8.78 Å². The number of aryl methyl sites for hydroxylation is 2. The van der Waals surface area contributed by atoms with Crippen LogP contribution in [0.4, 0.5) is 8.78 Å². The SMILES string of the molecule is Cc1cc(F)cc(C(N)c2ccc(C)c(F)c2)c1. The minimum absolute atomic E-state index is 0.295. The van der Waals surface area contributed by atoms with Gasteiger partial charge in [0.05, 0.1) is 6.04 Å². The Hall–Kier alpha value is -1.74. The maximum atomic E-state index is 13.5. The molecule has 1 nitrogen and oxygen atoms in total. The predicted octanol–water partition coefficient (Wildman–Crippen LogP) is 3.63. The first-order valence-electron chi connectivity index (χ1n) is 5.76. The lowest BCUT2D eigenvalue weighted by Crippen LogP contribution is -2.12. The van der Waals surface area contributed by atoms with E-state index in [4.69, 9.17) is 5.73 Å². The quantitative estimate of drug-likeness (QED) is 0.861. The highest BCUT2D eigenvalue weighted by Gasteiger charge is 2.12. The van der Waals surface area contributed by atoms with Gasteiger partial charge >= 0.3 is 0 Å². The van der Waals surface area contributed by atoms with Crippen molar-refractivity contribution in [3.05, 3.63) is 70.3 Å². The van der Waals surface area contributed by atoms with E-state index in [0.717, 1.165) is 5.56 Å². The van der Waals surface area contributed by atoms with Crippen molar-refractivity contribution in [3.8, 4) is 0 Å². The Labute approximate surface area is 105 Å². The Morgan fingerprint density at radius 3 is 2.28 bits per heavy atom. The second-order valence-electron chi connectivity index (χ2n) is 4.55. The fourth-order valence-corrected chi connectivity index (χ4v) is 1.94. The normalized spacial score (nSPS) is 12.5. The molecule has 3 heteroatoms. The lowest BCUT2D eigenvalue weighted by atomic mass is 9.97. The van der Waals surface area contributed by atoms with Crippen LogP contribution in [0.25, 0.3) is 0 Å². The highest BCUT2D eigenvalue weighted by Crippen LogP contribution is 2.23. The van der Waals surface area contributed by atoms with Crippen LogP contribution >= 0.6 is 0 Å². The first-order valence-corrected chi connectivity index (χ1v) is 5.76. The third-order valence-corrected chi connectivity index (χ3v) is 2.98. The van der Waals surface area contributed by atoms with Crippen LogP contribution in [0.5, 0.6) is 0 Å². The number of benzene rings is 2. The summed E-state index contributed by atoms with van der Waals surface area (Å²) in [5.41, 5.74) is 8.70. The van der Waals surface area contributed by atoms with Crippen molar-refractivity contribution in [2.45, 2.75) is 19.9 Å². The van der Waals surface area contributed by atoms with E-state index in [0.29, 0.717) is 16.7 Å². The Morgan fingerprint density at radius 1 is 0.944 bits per heavy atom. The van der Waals surface area contributed by atoms with Crippen LogP contribution in [0.3, 0.4) is 0 Å². The Morgan fingerprint density at radius 2 is 1.67 bits per heavy atom. The van der Waals surface area contributed by atoms with E-state index in [1.165, 1.54) is 18.2 Å². The van der Waals surface area contributed by atoms with Gasteiger partial charge in [-0.25, -0.2) is 8.78 Å². The zero-order chi connectivity index (χ0) is 13.3. The van der Waals surface area contributed by atoms with Gasteiger partial charge in [0.2, 0.25) is 0 Å². The van der Waals surface area contributed by atoms with E-state index in [1.54, 1.807) is 26.0 Å². The van der Waals surface area contributed by atoms with Gasteiger partial charge in [-0.3, -0.25) is 0 Å². The topological polar surface area (TPSA) is 26.0 Å². The number of rotatable bonds is 2. The van der Waals surface area contributed by atoms with Crippen LogP contribution in [0, 0.1) is 25.5 Å². The summed E-state index contributed by atoms with van der Waals surface area (Å²) < 4.78 is 26.8. The fourth-order valence-electron chi connectivity index (χ4n) is 1.94. The summed E-state index contributed by atoms with van der Waals surface area (Å²) >= 11 is 0. The molecule has 0 amide bonds. The first kappa shape index (κ1) is 12.7. The van der Waals surface area contributed by atoms with Gasteiger partial charge in [0.1, 0.15) is 11.6 Å². The monoisotopic (exact) mass is 247 g/mol. The van der Waals surface area contributed by atoms with Gasteiger partial charge in [-0.2, -0.15) is 0 Å².